The van der Waals surface area contributed by atoms with Gasteiger partial charge >= 0.3 is 5.97 Å². The molecule has 1 aromatic carbocycles. The number of hydrogen-bond acceptors (Lipinski definition) is 5. The molecule has 0 amide bonds. The summed E-state index contributed by atoms with van der Waals surface area (Å²) in [5.41, 5.74) is 0.947. The second-order valence-corrected chi connectivity index (χ2v) is 9.23. The van der Waals surface area contributed by atoms with Crippen LogP contribution in [0.15, 0.2) is 24.3 Å². The maximum atomic E-state index is 12.5. The minimum absolute atomic E-state index is 0.221. The molecular formula is C27H44O5. The average Bonchev–Trinajstić information content (AvgIpc) is 2.81. The second kappa shape index (κ2) is 15.3. The molecule has 0 radical (unpaired) electrons. The first-order valence-electron chi connectivity index (χ1n) is 12.9. The number of ether oxygens (including phenoxy) is 2. The van der Waals surface area contributed by atoms with Crippen LogP contribution in [0.1, 0.15) is 102 Å². The van der Waals surface area contributed by atoms with Crippen LogP contribution in [-0.2, 0) is 16.0 Å². The molecule has 2 atom stereocenters. The lowest BCUT2D eigenvalue weighted by molar-refractivity contribution is -0.242. The lowest BCUT2D eigenvalue weighted by atomic mass is 9.88. The maximum absolute atomic E-state index is 12.5. The number of carbonyl (C=O) groups excluding carboxylic acids is 1. The summed E-state index contributed by atoms with van der Waals surface area (Å²) in [5, 5.41) is 19.8. The van der Waals surface area contributed by atoms with Gasteiger partial charge in [-0.2, -0.15) is 0 Å². The van der Waals surface area contributed by atoms with E-state index in [0.29, 0.717) is 18.6 Å². The Bertz CT molecular complexity index is 647. The van der Waals surface area contributed by atoms with E-state index in [1.165, 1.54) is 64.2 Å². The van der Waals surface area contributed by atoms with Crippen molar-refractivity contribution in [2.24, 2.45) is 5.92 Å². The van der Waals surface area contributed by atoms with E-state index in [1.54, 1.807) is 6.07 Å². The largest absolute Gasteiger partial charge is 0.449 e. The number of carbonyl (C=O) groups is 1. The molecule has 32 heavy (non-hydrogen) atoms. The summed E-state index contributed by atoms with van der Waals surface area (Å²) < 4.78 is 11.5. The number of benzene rings is 1. The Labute approximate surface area is 194 Å². The number of para-hydroxylation sites is 1. The highest BCUT2D eigenvalue weighted by Crippen LogP contribution is 2.38. The third-order valence-electron chi connectivity index (χ3n) is 6.56. The molecule has 2 N–H and O–H groups in total. The van der Waals surface area contributed by atoms with Gasteiger partial charge < -0.3 is 19.7 Å². The third-order valence-corrected chi connectivity index (χ3v) is 6.56. The normalized spacial score (nSPS) is 19.9. The molecule has 2 unspecified atom stereocenters. The van der Waals surface area contributed by atoms with Crippen molar-refractivity contribution in [1.29, 1.82) is 0 Å². The van der Waals surface area contributed by atoms with Crippen LogP contribution in [0.25, 0.3) is 0 Å². The van der Waals surface area contributed by atoms with Crippen molar-refractivity contribution in [1.82, 2.24) is 0 Å². The Morgan fingerprint density at radius 3 is 2.06 bits per heavy atom. The van der Waals surface area contributed by atoms with Crippen LogP contribution in [0.4, 0.5) is 0 Å². The summed E-state index contributed by atoms with van der Waals surface area (Å²) >= 11 is 0. The van der Waals surface area contributed by atoms with Crippen molar-refractivity contribution >= 4 is 5.97 Å². The van der Waals surface area contributed by atoms with Gasteiger partial charge in [0, 0.05) is 6.42 Å². The van der Waals surface area contributed by atoms with Gasteiger partial charge in [0.1, 0.15) is 12.4 Å². The van der Waals surface area contributed by atoms with Gasteiger partial charge in [0.05, 0.1) is 12.5 Å². The smallest absolute Gasteiger partial charge is 0.309 e. The highest BCUT2D eigenvalue weighted by molar-refractivity contribution is 5.70. The van der Waals surface area contributed by atoms with E-state index in [0.717, 1.165) is 24.8 Å². The summed E-state index contributed by atoms with van der Waals surface area (Å²) in [6, 6.07) is 7.47. The van der Waals surface area contributed by atoms with E-state index in [4.69, 9.17) is 9.47 Å². The number of unbranched alkanes of at least 4 members (excludes halogenated alkanes) is 12. The predicted molar refractivity (Wildman–Crippen MR) is 128 cm³/mol. The predicted octanol–water partition coefficient (Wildman–Crippen LogP) is 5.94. The molecule has 0 spiro atoms. The van der Waals surface area contributed by atoms with Gasteiger partial charge in [-0.25, -0.2) is 0 Å². The van der Waals surface area contributed by atoms with E-state index >= 15 is 0 Å². The van der Waals surface area contributed by atoms with Crippen LogP contribution in [0, 0.1) is 5.92 Å². The van der Waals surface area contributed by atoms with E-state index in [1.807, 2.05) is 18.2 Å². The number of aliphatic hydroxyl groups is 2. The number of rotatable bonds is 17. The molecule has 5 heteroatoms. The highest BCUT2D eigenvalue weighted by Gasteiger charge is 2.47. The first-order chi connectivity index (χ1) is 15.6. The molecule has 182 valence electrons. The minimum Gasteiger partial charge on any atom is -0.449 e. The molecule has 0 fully saturated rings. The zero-order valence-electron chi connectivity index (χ0n) is 20.0. The lowest BCUT2D eigenvalue weighted by Gasteiger charge is -2.41. The molecule has 1 aliphatic heterocycles. The Balaban J connectivity index is 1.59. The van der Waals surface area contributed by atoms with Crippen LogP contribution in [0.5, 0.6) is 5.75 Å². The summed E-state index contributed by atoms with van der Waals surface area (Å²) in [7, 11) is 0. The van der Waals surface area contributed by atoms with Gasteiger partial charge in [-0.1, -0.05) is 102 Å². The molecule has 5 nitrogen and oxygen atoms in total. The molecule has 0 saturated carbocycles. The summed E-state index contributed by atoms with van der Waals surface area (Å²) in [6.45, 7) is 1.56. The van der Waals surface area contributed by atoms with Crippen molar-refractivity contribution in [3.05, 3.63) is 29.8 Å². The van der Waals surface area contributed by atoms with Gasteiger partial charge in [-0.3, -0.25) is 4.79 Å². The van der Waals surface area contributed by atoms with Crippen LogP contribution < -0.4 is 4.74 Å². The SMILES string of the molecule is CCCCCCCCCCCCCCCC(=O)OC1(CO)Oc2ccccc2CC1CO. The minimum atomic E-state index is -1.50. The molecule has 2 rings (SSSR count). The Hall–Kier alpha value is -1.59. The molecular weight excluding hydrogens is 404 g/mol. The monoisotopic (exact) mass is 448 g/mol. The second-order valence-electron chi connectivity index (χ2n) is 9.23. The Morgan fingerprint density at radius 2 is 1.50 bits per heavy atom. The van der Waals surface area contributed by atoms with Crippen molar-refractivity contribution in [3.63, 3.8) is 0 Å². The standard InChI is InChI=1S/C27H44O5/c1-2-3-4-5-6-7-8-9-10-11-12-13-14-19-26(30)32-27(22-29)24(21-28)20-23-17-15-16-18-25(23)31-27/h15-18,24,28-29H,2-14,19-22H2,1H3. The highest BCUT2D eigenvalue weighted by atomic mass is 16.7. The van der Waals surface area contributed by atoms with Crippen molar-refractivity contribution in [2.45, 2.75) is 109 Å². The summed E-state index contributed by atoms with van der Waals surface area (Å²) in [6.07, 6.45) is 17.1. The van der Waals surface area contributed by atoms with E-state index in [2.05, 4.69) is 6.92 Å². The van der Waals surface area contributed by atoms with Crippen molar-refractivity contribution < 1.29 is 24.5 Å². The van der Waals surface area contributed by atoms with Gasteiger partial charge in [-0.05, 0) is 24.5 Å². The third kappa shape index (κ3) is 8.74. The molecule has 1 heterocycles. The molecule has 0 bridgehead atoms. The number of hydrogen-bond donors (Lipinski definition) is 2. The van der Waals surface area contributed by atoms with E-state index in [-0.39, 0.29) is 12.6 Å². The number of esters is 1. The molecule has 0 aromatic heterocycles. The van der Waals surface area contributed by atoms with Crippen LogP contribution in [-0.4, -0.2) is 35.2 Å². The van der Waals surface area contributed by atoms with Crippen LogP contribution >= 0.6 is 0 Å². The topological polar surface area (TPSA) is 76.0 Å². The van der Waals surface area contributed by atoms with Gasteiger partial charge in [0.15, 0.2) is 0 Å². The Kier molecular flexibility index (Phi) is 12.7. The van der Waals surface area contributed by atoms with Crippen LogP contribution in [0.2, 0.25) is 0 Å². The molecule has 0 aliphatic carbocycles. The number of fused-ring (bicyclic) bond motifs is 1. The van der Waals surface area contributed by atoms with Crippen molar-refractivity contribution in [2.75, 3.05) is 13.2 Å². The summed E-state index contributed by atoms with van der Waals surface area (Å²) in [4.78, 5) is 12.5. The molecule has 1 aliphatic rings. The first kappa shape index (κ1) is 26.7. The van der Waals surface area contributed by atoms with E-state index in [9.17, 15) is 15.0 Å². The molecule has 0 saturated heterocycles. The van der Waals surface area contributed by atoms with Crippen molar-refractivity contribution in [3.8, 4) is 5.75 Å². The fraction of sp³-hybridized carbons (Fsp3) is 0.741. The fourth-order valence-electron chi connectivity index (χ4n) is 4.49. The quantitative estimate of drug-likeness (QED) is 0.228. The number of aliphatic hydroxyl groups excluding tert-OH is 2. The van der Waals surface area contributed by atoms with Gasteiger partial charge in [0.2, 0.25) is 0 Å². The first-order valence-corrected chi connectivity index (χ1v) is 12.9. The zero-order chi connectivity index (χ0) is 23.1. The molecule has 1 aromatic rings. The zero-order valence-corrected chi connectivity index (χ0v) is 20.0. The van der Waals surface area contributed by atoms with E-state index < -0.39 is 18.3 Å². The summed E-state index contributed by atoms with van der Waals surface area (Å²) in [5.74, 6) is -1.77. The average molecular weight is 449 g/mol. The van der Waals surface area contributed by atoms with Gasteiger partial charge in [-0.15, -0.1) is 0 Å². The van der Waals surface area contributed by atoms with Crippen LogP contribution in [0.3, 0.4) is 0 Å². The fourth-order valence-corrected chi connectivity index (χ4v) is 4.49. The Morgan fingerprint density at radius 1 is 0.938 bits per heavy atom. The maximum Gasteiger partial charge on any atom is 0.309 e. The lowest BCUT2D eigenvalue weighted by Crippen LogP contribution is -2.55. The van der Waals surface area contributed by atoms with Gasteiger partial charge in [0.25, 0.3) is 5.79 Å².